The lowest BCUT2D eigenvalue weighted by Gasteiger charge is -2.10. The molecule has 0 aromatic heterocycles. The molecule has 0 saturated heterocycles. The van der Waals surface area contributed by atoms with Gasteiger partial charge in [-0.15, -0.1) is 0 Å². The third-order valence-electron chi connectivity index (χ3n) is 7.02. The number of carbonyl (C=O) groups is 3. The zero-order chi connectivity index (χ0) is 30.2. The zero-order valence-electron chi connectivity index (χ0n) is 24.4. The van der Waals surface area contributed by atoms with Crippen LogP contribution >= 0.6 is 0 Å². The van der Waals surface area contributed by atoms with Crippen molar-refractivity contribution in [3.8, 4) is 28.4 Å². The van der Waals surface area contributed by atoms with Crippen molar-refractivity contribution in [2.75, 3.05) is 13.2 Å². The fourth-order valence-electron chi connectivity index (χ4n) is 4.67. The van der Waals surface area contributed by atoms with Gasteiger partial charge in [-0.25, -0.2) is 14.4 Å². The summed E-state index contributed by atoms with van der Waals surface area (Å²) in [7, 11) is 0. The standard InChI is InChI=1S/C35H36O7/c1-22(2)33(36)40-19-9-7-6-8-18-39-26-12-10-25(11-13-26)35(38)42-28-15-17-30-29-16-14-27(41-34(37)23(3)4)20-31(29)24(5)32(30)21-28/h10-17,20-21,24H,1,3,6-9,18-19H2,2,4-5H3. The Kier molecular flexibility index (Phi) is 9.97. The van der Waals surface area contributed by atoms with E-state index in [1.165, 1.54) is 0 Å². The van der Waals surface area contributed by atoms with Gasteiger partial charge in [0.25, 0.3) is 0 Å². The van der Waals surface area contributed by atoms with Crippen molar-refractivity contribution in [3.63, 3.8) is 0 Å². The first-order valence-electron chi connectivity index (χ1n) is 14.1. The van der Waals surface area contributed by atoms with Gasteiger partial charge < -0.3 is 18.9 Å². The molecule has 7 heteroatoms. The molecular weight excluding hydrogens is 532 g/mol. The summed E-state index contributed by atoms with van der Waals surface area (Å²) in [6, 6.07) is 18.1. The lowest BCUT2D eigenvalue weighted by Crippen LogP contribution is -2.09. The molecule has 0 saturated carbocycles. The van der Waals surface area contributed by atoms with Crippen molar-refractivity contribution in [1.29, 1.82) is 0 Å². The molecule has 1 aliphatic carbocycles. The molecule has 0 spiro atoms. The summed E-state index contributed by atoms with van der Waals surface area (Å²) in [6.07, 6.45) is 3.58. The average molecular weight is 569 g/mol. The molecule has 0 N–H and O–H groups in total. The fourth-order valence-corrected chi connectivity index (χ4v) is 4.67. The van der Waals surface area contributed by atoms with Gasteiger partial charge in [0.1, 0.15) is 17.2 Å². The number of rotatable bonds is 13. The van der Waals surface area contributed by atoms with E-state index >= 15 is 0 Å². The molecule has 218 valence electrons. The van der Waals surface area contributed by atoms with Crippen LogP contribution in [0.1, 0.15) is 73.9 Å². The van der Waals surface area contributed by atoms with Crippen LogP contribution in [0.3, 0.4) is 0 Å². The molecule has 0 aliphatic heterocycles. The number of esters is 3. The van der Waals surface area contributed by atoms with E-state index in [9.17, 15) is 14.4 Å². The second-order valence-corrected chi connectivity index (χ2v) is 10.5. The molecular formula is C35H36O7. The summed E-state index contributed by atoms with van der Waals surface area (Å²) < 4.78 is 22.0. The maximum atomic E-state index is 12.8. The van der Waals surface area contributed by atoms with Crippen molar-refractivity contribution in [1.82, 2.24) is 0 Å². The lowest BCUT2D eigenvalue weighted by molar-refractivity contribution is -0.139. The van der Waals surface area contributed by atoms with Gasteiger partial charge in [0.2, 0.25) is 0 Å². The first kappa shape index (κ1) is 30.3. The number of ether oxygens (including phenoxy) is 4. The van der Waals surface area contributed by atoms with Crippen molar-refractivity contribution in [2.45, 2.75) is 52.4 Å². The first-order chi connectivity index (χ1) is 20.1. The predicted octanol–water partition coefficient (Wildman–Crippen LogP) is 7.58. The average Bonchev–Trinajstić information content (AvgIpc) is 3.24. The van der Waals surface area contributed by atoms with Gasteiger partial charge in [0, 0.05) is 17.1 Å². The Bertz CT molecular complexity index is 1500. The summed E-state index contributed by atoms with van der Waals surface area (Å²) in [6.45, 7) is 13.5. The summed E-state index contributed by atoms with van der Waals surface area (Å²) in [4.78, 5) is 36.1. The maximum Gasteiger partial charge on any atom is 0.343 e. The van der Waals surface area contributed by atoms with Crippen LogP contribution in [0.4, 0.5) is 0 Å². The van der Waals surface area contributed by atoms with Crippen molar-refractivity contribution < 1.29 is 33.3 Å². The number of unbranched alkanes of at least 4 members (excludes halogenated alkanes) is 3. The minimum Gasteiger partial charge on any atom is -0.494 e. The third kappa shape index (κ3) is 7.55. The van der Waals surface area contributed by atoms with E-state index in [1.54, 1.807) is 50.2 Å². The summed E-state index contributed by atoms with van der Waals surface area (Å²) in [5.74, 6) is 0.386. The topological polar surface area (TPSA) is 88.1 Å². The highest BCUT2D eigenvalue weighted by molar-refractivity contribution is 5.92. The number of hydrogen-bond acceptors (Lipinski definition) is 7. The number of benzene rings is 3. The van der Waals surface area contributed by atoms with Gasteiger partial charge in [-0.1, -0.05) is 32.2 Å². The van der Waals surface area contributed by atoms with Crippen LogP contribution in [0.5, 0.6) is 17.2 Å². The normalized spacial score (nSPS) is 13.0. The van der Waals surface area contributed by atoms with Gasteiger partial charge in [0.15, 0.2) is 0 Å². The molecule has 0 radical (unpaired) electrons. The van der Waals surface area contributed by atoms with Crippen molar-refractivity contribution in [3.05, 3.63) is 102 Å². The quantitative estimate of drug-likeness (QED) is 0.0909. The molecule has 0 heterocycles. The fraction of sp³-hybridized carbons (Fsp3) is 0.286. The monoisotopic (exact) mass is 568 g/mol. The Morgan fingerprint density at radius 1 is 0.667 bits per heavy atom. The highest BCUT2D eigenvalue weighted by Crippen LogP contribution is 2.47. The minimum absolute atomic E-state index is 0.0348. The first-order valence-corrected chi connectivity index (χ1v) is 14.1. The largest absolute Gasteiger partial charge is 0.494 e. The van der Waals surface area contributed by atoms with Gasteiger partial charge in [-0.2, -0.15) is 0 Å². The maximum absolute atomic E-state index is 12.8. The molecule has 3 aromatic carbocycles. The second-order valence-electron chi connectivity index (χ2n) is 10.5. The third-order valence-corrected chi connectivity index (χ3v) is 7.02. The predicted molar refractivity (Wildman–Crippen MR) is 161 cm³/mol. The van der Waals surface area contributed by atoms with E-state index in [4.69, 9.17) is 18.9 Å². The molecule has 4 rings (SSSR count). The molecule has 42 heavy (non-hydrogen) atoms. The van der Waals surface area contributed by atoms with Crippen LogP contribution in [0.25, 0.3) is 11.1 Å². The molecule has 3 aromatic rings. The van der Waals surface area contributed by atoms with Gasteiger partial charge in [0.05, 0.1) is 18.8 Å². The smallest absolute Gasteiger partial charge is 0.343 e. The van der Waals surface area contributed by atoms with E-state index in [2.05, 4.69) is 20.1 Å². The summed E-state index contributed by atoms with van der Waals surface area (Å²) in [5, 5.41) is 0. The van der Waals surface area contributed by atoms with Crippen molar-refractivity contribution >= 4 is 17.9 Å². The minimum atomic E-state index is -0.459. The van der Waals surface area contributed by atoms with Gasteiger partial charge >= 0.3 is 17.9 Å². The Hall–Kier alpha value is -4.65. The van der Waals surface area contributed by atoms with E-state index < -0.39 is 11.9 Å². The van der Waals surface area contributed by atoms with Crippen molar-refractivity contribution in [2.24, 2.45) is 0 Å². The van der Waals surface area contributed by atoms with Crippen LogP contribution in [0.2, 0.25) is 0 Å². The number of hydrogen-bond donors (Lipinski definition) is 0. The van der Waals surface area contributed by atoms with Gasteiger partial charge in [-0.3, -0.25) is 0 Å². The summed E-state index contributed by atoms with van der Waals surface area (Å²) in [5.41, 5.74) is 5.37. The van der Waals surface area contributed by atoms with Crippen LogP contribution in [-0.2, 0) is 14.3 Å². The van der Waals surface area contributed by atoms with Crippen LogP contribution < -0.4 is 14.2 Å². The second kappa shape index (κ2) is 13.8. The highest BCUT2D eigenvalue weighted by Gasteiger charge is 2.27. The highest BCUT2D eigenvalue weighted by atomic mass is 16.5. The van der Waals surface area contributed by atoms with E-state index in [0.29, 0.717) is 47.2 Å². The summed E-state index contributed by atoms with van der Waals surface area (Å²) >= 11 is 0. The molecule has 1 aliphatic rings. The molecule has 1 unspecified atom stereocenters. The Labute approximate surface area is 246 Å². The van der Waals surface area contributed by atoms with E-state index in [0.717, 1.165) is 47.9 Å². The van der Waals surface area contributed by atoms with E-state index in [1.807, 2.05) is 24.3 Å². The Balaban J connectivity index is 1.26. The van der Waals surface area contributed by atoms with Crippen LogP contribution in [0, 0.1) is 0 Å². The number of carbonyl (C=O) groups excluding carboxylic acids is 3. The zero-order valence-corrected chi connectivity index (χ0v) is 24.4. The van der Waals surface area contributed by atoms with Crippen LogP contribution in [0.15, 0.2) is 85.0 Å². The van der Waals surface area contributed by atoms with Gasteiger partial charge in [-0.05, 0) is 110 Å². The molecule has 0 amide bonds. The molecule has 7 nitrogen and oxygen atoms in total. The SMILES string of the molecule is C=C(C)C(=O)OCCCCCCOc1ccc(C(=O)Oc2ccc3c(c2)C(C)c2cc(OC(=O)C(=C)C)ccc2-3)cc1. The number of fused-ring (bicyclic) bond motifs is 3. The lowest BCUT2D eigenvalue weighted by atomic mass is 9.99. The van der Waals surface area contributed by atoms with Crippen LogP contribution in [-0.4, -0.2) is 31.1 Å². The molecule has 0 bridgehead atoms. The van der Waals surface area contributed by atoms with E-state index in [-0.39, 0.29) is 11.9 Å². The molecule has 0 fully saturated rings. The Morgan fingerprint density at radius 2 is 1.19 bits per heavy atom. The molecule has 1 atom stereocenters. The Morgan fingerprint density at radius 3 is 1.76 bits per heavy atom.